The van der Waals surface area contributed by atoms with Gasteiger partial charge in [-0.15, -0.1) is 0 Å². The number of thioether (sulfide) groups is 1. The van der Waals surface area contributed by atoms with Crippen LogP contribution in [0.15, 0.2) is 24.3 Å². The third-order valence-corrected chi connectivity index (χ3v) is 4.56. The van der Waals surface area contributed by atoms with E-state index in [1.165, 1.54) is 30.4 Å². The summed E-state index contributed by atoms with van der Waals surface area (Å²) in [4.78, 5) is 0. The lowest BCUT2D eigenvalue weighted by Crippen LogP contribution is -2.26. The van der Waals surface area contributed by atoms with E-state index in [1.807, 2.05) is 11.8 Å². The molecule has 1 nitrogen and oxygen atoms in total. The van der Waals surface area contributed by atoms with Crippen LogP contribution in [-0.2, 0) is 5.75 Å². The van der Waals surface area contributed by atoms with E-state index in [-0.39, 0.29) is 0 Å². The Balaban J connectivity index is 1.87. The molecular formula is C13H19NS. The molecule has 15 heavy (non-hydrogen) atoms. The predicted molar refractivity (Wildman–Crippen MR) is 68.1 cm³/mol. The highest BCUT2D eigenvalue weighted by atomic mass is 32.2. The summed E-state index contributed by atoms with van der Waals surface area (Å²) in [7, 11) is 0. The van der Waals surface area contributed by atoms with E-state index >= 15 is 0 Å². The second kappa shape index (κ2) is 5.04. The lowest BCUT2D eigenvalue weighted by atomic mass is 10.2. The van der Waals surface area contributed by atoms with Crippen LogP contribution in [-0.4, -0.2) is 11.3 Å². The Bertz CT molecular complexity index is 324. The Labute approximate surface area is 96.4 Å². The van der Waals surface area contributed by atoms with Crippen LogP contribution in [0.1, 0.15) is 30.4 Å². The number of aryl methyl sites for hydroxylation is 1. The average molecular weight is 221 g/mol. The lowest BCUT2D eigenvalue weighted by Gasteiger charge is -2.14. The van der Waals surface area contributed by atoms with Crippen LogP contribution >= 0.6 is 11.8 Å². The van der Waals surface area contributed by atoms with E-state index in [0.717, 1.165) is 5.75 Å². The smallest absolute Gasteiger partial charge is 0.0202 e. The third-order valence-electron chi connectivity index (χ3n) is 3.05. The molecule has 0 saturated heterocycles. The minimum absolute atomic E-state index is 0.430. The van der Waals surface area contributed by atoms with Crippen molar-refractivity contribution >= 4 is 11.8 Å². The summed E-state index contributed by atoms with van der Waals surface area (Å²) in [5.41, 5.74) is 8.83. The van der Waals surface area contributed by atoms with Gasteiger partial charge in [-0.1, -0.05) is 36.2 Å². The fourth-order valence-electron chi connectivity index (χ4n) is 2.17. The van der Waals surface area contributed by atoms with E-state index in [2.05, 4.69) is 31.2 Å². The van der Waals surface area contributed by atoms with Crippen molar-refractivity contribution in [3.8, 4) is 0 Å². The first kappa shape index (κ1) is 11.0. The molecule has 1 aliphatic rings. The normalized spacial score (nSPS) is 25.7. The summed E-state index contributed by atoms with van der Waals surface area (Å²) in [6, 6.07) is 9.20. The minimum Gasteiger partial charge on any atom is -0.327 e. The summed E-state index contributed by atoms with van der Waals surface area (Å²) in [5, 5.41) is 0.686. The van der Waals surface area contributed by atoms with Crippen molar-refractivity contribution in [1.29, 1.82) is 0 Å². The van der Waals surface area contributed by atoms with Crippen LogP contribution in [0, 0.1) is 6.92 Å². The Morgan fingerprint density at radius 1 is 1.40 bits per heavy atom. The number of rotatable bonds is 3. The van der Waals surface area contributed by atoms with Crippen LogP contribution in [0.2, 0.25) is 0 Å². The number of benzene rings is 1. The van der Waals surface area contributed by atoms with E-state index in [4.69, 9.17) is 5.73 Å². The molecule has 0 radical (unpaired) electrons. The molecule has 1 aliphatic carbocycles. The highest BCUT2D eigenvalue weighted by Gasteiger charge is 2.23. The SMILES string of the molecule is Cc1cccc(CSC2CCCC2N)c1. The molecule has 2 atom stereocenters. The van der Waals surface area contributed by atoms with Crippen LogP contribution in [0.5, 0.6) is 0 Å². The van der Waals surface area contributed by atoms with Gasteiger partial charge in [0.1, 0.15) is 0 Å². The number of hydrogen-bond donors (Lipinski definition) is 1. The molecule has 0 bridgehead atoms. The van der Waals surface area contributed by atoms with Gasteiger partial charge in [0, 0.05) is 17.0 Å². The molecule has 2 rings (SSSR count). The Morgan fingerprint density at radius 2 is 2.27 bits per heavy atom. The Hall–Kier alpha value is -0.470. The van der Waals surface area contributed by atoms with Crippen LogP contribution in [0.3, 0.4) is 0 Å². The van der Waals surface area contributed by atoms with Gasteiger partial charge in [-0.05, 0) is 25.3 Å². The fourth-order valence-corrected chi connectivity index (χ4v) is 3.47. The van der Waals surface area contributed by atoms with Crippen LogP contribution < -0.4 is 5.73 Å². The largest absolute Gasteiger partial charge is 0.327 e. The predicted octanol–water partition coefficient (Wildman–Crippen LogP) is 3.11. The van der Waals surface area contributed by atoms with Crippen molar-refractivity contribution in [3.05, 3.63) is 35.4 Å². The molecule has 1 saturated carbocycles. The fraction of sp³-hybridized carbons (Fsp3) is 0.538. The second-order valence-electron chi connectivity index (χ2n) is 4.43. The first-order chi connectivity index (χ1) is 7.25. The van der Waals surface area contributed by atoms with Gasteiger partial charge in [-0.2, -0.15) is 11.8 Å². The first-order valence-corrected chi connectivity index (χ1v) is 6.73. The van der Waals surface area contributed by atoms with Gasteiger partial charge in [-0.3, -0.25) is 0 Å². The van der Waals surface area contributed by atoms with Gasteiger partial charge in [0.25, 0.3) is 0 Å². The summed E-state index contributed by atoms with van der Waals surface area (Å²) >= 11 is 2.03. The standard InChI is InChI=1S/C13H19NS/c1-10-4-2-5-11(8-10)9-15-13-7-3-6-12(13)14/h2,4-5,8,12-13H,3,6-7,9,14H2,1H3. The topological polar surface area (TPSA) is 26.0 Å². The molecule has 0 heterocycles. The van der Waals surface area contributed by atoms with Crippen molar-refractivity contribution in [3.63, 3.8) is 0 Å². The Morgan fingerprint density at radius 3 is 2.93 bits per heavy atom. The zero-order valence-corrected chi connectivity index (χ0v) is 10.1. The van der Waals surface area contributed by atoms with E-state index < -0.39 is 0 Å². The van der Waals surface area contributed by atoms with Crippen LogP contribution in [0.4, 0.5) is 0 Å². The maximum Gasteiger partial charge on any atom is 0.0202 e. The maximum atomic E-state index is 6.05. The van der Waals surface area contributed by atoms with Gasteiger partial charge in [0.15, 0.2) is 0 Å². The quantitative estimate of drug-likeness (QED) is 0.848. The Kier molecular flexibility index (Phi) is 3.71. The second-order valence-corrected chi connectivity index (χ2v) is 5.66. The monoisotopic (exact) mass is 221 g/mol. The van der Waals surface area contributed by atoms with Crippen molar-refractivity contribution in [1.82, 2.24) is 0 Å². The van der Waals surface area contributed by atoms with Crippen molar-refractivity contribution in [2.75, 3.05) is 0 Å². The molecule has 2 N–H and O–H groups in total. The highest BCUT2D eigenvalue weighted by Crippen LogP contribution is 2.30. The molecule has 2 heteroatoms. The summed E-state index contributed by atoms with van der Waals surface area (Å²) in [5.74, 6) is 1.11. The molecule has 0 aromatic heterocycles. The molecule has 1 fully saturated rings. The van der Waals surface area contributed by atoms with E-state index in [1.54, 1.807) is 0 Å². The molecule has 0 aliphatic heterocycles. The van der Waals surface area contributed by atoms with Gasteiger partial charge in [-0.25, -0.2) is 0 Å². The van der Waals surface area contributed by atoms with E-state index in [9.17, 15) is 0 Å². The minimum atomic E-state index is 0.430. The lowest BCUT2D eigenvalue weighted by molar-refractivity contribution is 0.716. The van der Waals surface area contributed by atoms with Crippen molar-refractivity contribution < 1.29 is 0 Å². The number of hydrogen-bond acceptors (Lipinski definition) is 2. The van der Waals surface area contributed by atoms with Crippen molar-refractivity contribution in [2.24, 2.45) is 5.73 Å². The average Bonchev–Trinajstić information content (AvgIpc) is 2.61. The summed E-state index contributed by atoms with van der Waals surface area (Å²) in [6.45, 7) is 2.15. The van der Waals surface area contributed by atoms with Gasteiger partial charge in [0.05, 0.1) is 0 Å². The maximum absolute atomic E-state index is 6.05. The van der Waals surface area contributed by atoms with Gasteiger partial charge < -0.3 is 5.73 Å². The van der Waals surface area contributed by atoms with Gasteiger partial charge in [0.2, 0.25) is 0 Å². The van der Waals surface area contributed by atoms with E-state index in [0.29, 0.717) is 11.3 Å². The molecule has 2 unspecified atom stereocenters. The molecule has 82 valence electrons. The zero-order chi connectivity index (χ0) is 10.7. The molecule has 0 spiro atoms. The zero-order valence-electron chi connectivity index (χ0n) is 9.28. The van der Waals surface area contributed by atoms with Crippen LogP contribution in [0.25, 0.3) is 0 Å². The summed E-state index contributed by atoms with van der Waals surface area (Å²) < 4.78 is 0. The van der Waals surface area contributed by atoms with Crippen molar-refractivity contribution in [2.45, 2.75) is 43.2 Å². The van der Waals surface area contributed by atoms with Gasteiger partial charge >= 0.3 is 0 Å². The molecule has 0 amide bonds. The number of nitrogens with two attached hydrogens (primary N) is 1. The summed E-state index contributed by atoms with van der Waals surface area (Å²) in [6.07, 6.45) is 3.83. The molecule has 1 aromatic carbocycles. The third kappa shape index (κ3) is 2.99. The molecular weight excluding hydrogens is 202 g/mol. The highest BCUT2D eigenvalue weighted by molar-refractivity contribution is 7.99. The molecule has 1 aromatic rings. The first-order valence-electron chi connectivity index (χ1n) is 5.68.